The lowest BCUT2D eigenvalue weighted by molar-refractivity contribution is 0.0810. The number of piperidine rings is 1. The van der Waals surface area contributed by atoms with E-state index in [-0.39, 0.29) is 0 Å². The minimum atomic E-state index is 0.375. The van der Waals surface area contributed by atoms with Gasteiger partial charge >= 0.3 is 6.01 Å². The molecule has 0 unspecified atom stereocenters. The number of hydrogen-bond acceptors (Lipinski definition) is 6. The minimum absolute atomic E-state index is 0.375. The molecule has 0 atom stereocenters. The Kier molecular flexibility index (Phi) is 3.47. The normalized spacial score (nSPS) is 21.5. The van der Waals surface area contributed by atoms with Crippen molar-refractivity contribution in [1.29, 1.82) is 0 Å². The van der Waals surface area contributed by atoms with Crippen molar-refractivity contribution in [2.45, 2.75) is 44.4 Å². The number of hydrogen-bond donors (Lipinski definition) is 1. The van der Waals surface area contributed by atoms with Crippen LogP contribution >= 0.6 is 0 Å². The first-order chi connectivity index (χ1) is 8.85. The molecule has 0 radical (unpaired) electrons. The van der Waals surface area contributed by atoms with Gasteiger partial charge in [0, 0.05) is 26.2 Å². The van der Waals surface area contributed by atoms with Crippen molar-refractivity contribution in [2.75, 3.05) is 25.1 Å². The maximum absolute atomic E-state index is 5.67. The highest BCUT2D eigenvalue weighted by Gasteiger charge is 2.24. The fraction of sp³-hybridized carbons (Fsp3) is 0.833. The molecule has 100 valence electrons. The van der Waals surface area contributed by atoms with Gasteiger partial charge in [0.1, 0.15) is 0 Å². The van der Waals surface area contributed by atoms with Gasteiger partial charge < -0.3 is 19.4 Å². The highest BCUT2D eigenvalue weighted by atomic mass is 16.5. The summed E-state index contributed by atoms with van der Waals surface area (Å²) in [6.07, 6.45) is 4.96. The third-order valence-corrected chi connectivity index (χ3v) is 3.62. The van der Waals surface area contributed by atoms with Gasteiger partial charge in [0.25, 0.3) is 0 Å². The van der Waals surface area contributed by atoms with E-state index in [1.165, 1.54) is 12.8 Å². The number of anilines is 1. The molecule has 0 aromatic carbocycles. The van der Waals surface area contributed by atoms with Crippen molar-refractivity contribution in [3.8, 4) is 0 Å². The fourth-order valence-electron chi connectivity index (χ4n) is 2.25. The van der Waals surface area contributed by atoms with E-state index in [1.54, 1.807) is 7.11 Å². The summed E-state index contributed by atoms with van der Waals surface area (Å²) in [5.41, 5.74) is 0. The van der Waals surface area contributed by atoms with Gasteiger partial charge in [-0.05, 0) is 25.7 Å². The number of aromatic nitrogens is 2. The van der Waals surface area contributed by atoms with Gasteiger partial charge in [-0.3, -0.25) is 0 Å². The summed E-state index contributed by atoms with van der Waals surface area (Å²) in [6.45, 7) is 2.54. The minimum Gasteiger partial charge on any atom is -0.407 e. The smallest absolute Gasteiger partial charge is 0.318 e. The second-order valence-electron chi connectivity index (χ2n) is 5.06. The molecule has 2 aliphatic rings. The molecule has 0 spiro atoms. The molecule has 1 aliphatic carbocycles. The van der Waals surface area contributed by atoms with Crippen LogP contribution in [0, 0.1) is 0 Å². The highest BCUT2D eigenvalue weighted by molar-refractivity contribution is 5.24. The topological polar surface area (TPSA) is 63.4 Å². The maximum atomic E-state index is 5.67. The Morgan fingerprint density at radius 3 is 2.72 bits per heavy atom. The monoisotopic (exact) mass is 252 g/mol. The largest absolute Gasteiger partial charge is 0.407 e. The Labute approximate surface area is 107 Å². The van der Waals surface area contributed by atoms with Crippen LogP contribution < -0.4 is 10.2 Å². The molecule has 0 bridgehead atoms. The van der Waals surface area contributed by atoms with Crippen LogP contribution in [0.3, 0.4) is 0 Å². The molecule has 1 aromatic rings. The van der Waals surface area contributed by atoms with Gasteiger partial charge in [-0.2, -0.15) is 0 Å². The zero-order chi connectivity index (χ0) is 12.4. The molecule has 6 heteroatoms. The van der Waals surface area contributed by atoms with E-state index in [4.69, 9.17) is 9.15 Å². The summed E-state index contributed by atoms with van der Waals surface area (Å²) < 4.78 is 11.0. The van der Waals surface area contributed by atoms with E-state index in [9.17, 15) is 0 Å². The van der Waals surface area contributed by atoms with Gasteiger partial charge in [-0.1, -0.05) is 5.10 Å². The number of methoxy groups -OCH3 is 1. The van der Waals surface area contributed by atoms with Gasteiger partial charge in [-0.15, -0.1) is 5.10 Å². The summed E-state index contributed by atoms with van der Waals surface area (Å²) in [4.78, 5) is 2.14. The van der Waals surface area contributed by atoms with Crippen molar-refractivity contribution in [3.05, 3.63) is 5.89 Å². The fourth-order valence-corrected chi connectivity index (χ4v) is 2.25. The first-order valence-corrected chi connectivity index (χ1v) is 6.68. The number of nitrogens with zero attached hydrogens (tertiary/aromatic N) is 3. The lowest BCUT2D eigenvalue weighted by atomic mass is 10.1. The van der Waals surface area contributed by atoms with Crippen molar-refractivity contribution < 1.29 is 9.15 Å². The summed E-state index contributed by atoms with van der Waals surface area (Å²) in [7, 11) is 1.77. The summed E-state index contributed by atoms with van der Waals surface area (Å²) >= 11 is 0. The second kappa shape index (κ2) is 5.24. The van der Waals surface area contributed by atoms with Crippen LogP contribution in [0.1, 0.15) is 31.6 Å². The lowest BCUT2D eigenvalue weighted by Crippen LogP contribution is -2.36. The molecule has 2 heterocycles. The molecule has 18 heavy (non-hydrogen) atoms. The molecule has 2 fully saturated rings. The van der Waals surface area contributed by atoms with Crippen LogP contribution in [-0.2, 0) is 11.3 Å². The second-order valence-corrected chi connectivity index (χ2v) is 5.06. The van der Waals surface area contributed by atoms with Gasteiger partial charge in [0.05, 0.1) is 12.6 Å². The standard InChI is InChI=1S/C12H20N4O2/c1-17-10-4-6-16(7-5-10)12-15-14-11(18-12)8-13-9-2-3-9/h9-10,13H,2-8H2,1H3. The Morgan fingerprint density at radius 2 is 2.06 bits per heavy atom. The predicted molar refractivity (Wildman–Crippen MR) is 66.4 cm³/mol. The Hall–Kier alpha value is -1.14. The van der Waals surface area contributed by atoms with Crippen LogP contribution in [0.25, 0.3) is 0 Å². The Balaban J connectivity index is 1.52. The SMILES string of the molecule is COC1CCN(c2nnc(CNC3CC3)o2)CC1. The van der Waals surface area contributed by atoms with Crippen LogP contribution in [0.15, 0.2) is 4.42 Å². The number of nitrogens with one attached hydrogen (secondary N) is 1. The first-order valence-electron chi connectivity index (χ1n) is 6.68. The molecule has 0 amide bonds. The average molecular weight is 252 g/mol. The molecule has 1 saturated heterocycles. The molecule has 1 aliphatic heterocycles. The lowest BCUT2D eigenvalue weighted by Gasteiger charge is -2.29. The van der Waals surface area contributed by atoms with E-state index in [0.29, 0.717) is 30.6 Å². The first kappa shape index (κ1) is 11.9. The average Bonchev–Trinajstić information content (AvgIpc) is 3.14. The third kappa shape index (κ3) is 2.81. The highest BCUT2D eigenvalue weighted by Crippen LogP contribution is 2.21. The van der Waals surface area contributed by atoms with Crippen LogP contribution in [0.4, 0.5) is 6.01 Å². The van der Waals surface area contributed by atoms with Crippen molar-refractivity contribution in [2.24, 2.45) is 0 Å². The zero-order valence-electron chi connectivity index (χ0n) is 10.8. The number of ether oxygens (including phenoxy) is 1. The number of rotatable bonds is 5. The van der Waals surface area contributed by atoms with Gasteiger partial charge in [0.2, 0.25) is 5.89 Å². The van der Waals surface area contributed by atoms with Crippen molar-refractivity contribution >= 4 is 6.01 Å². The van der Waals surface area contributed by atoms with Crippen molar-refractivity contribution in [1.82, 2.24) is 15.5 Å². The molecule has 1 aromatic heterocycles. The van der Waals surface area contributed by atoms with E-state index in [1.807, 2.05) is 0 Å². The van der Waals surface area contributed by atoms with E-state index >= 15 is 0 Å². The molecule has 1 saturated carbocycles. The maximum Gasteiger partial charge on any atom is 0.318 e. The summed E-state index contributed by atoms with van der Waals surface area (Å²) in [5, 5.41) is 11.6. The van der Waals surface area contributed by atoms with E-state index < -0.39 is 0 Å². The third-order valence-electron chi connectivity index (χ3n) is 3.62. The van der Waals surface area contributed by atoms with Gasteiger partial charge in [-0.25, -0.2) is 0 Å². The zero-order valence-corrected chi connectivity index (χ0v) is 10.8. The molecular weight excluding hydrogens is 232 g/mol. The van der Waals surface area contributed by atoms with E-state index in [0.717, 1.165) is 25.9 Å². The molecule has 1 N–H and O–H groups in total. The van der Waals surface area contributed by atoms with Crippen molar-refractivity contribution in [3.63, 3.8) is 0 Å². The molecule has 6 nitrogen and oxygen atoms in total. The van der Waals surface area contributed by atoms with Crippen LogP contribution in [-0.4, -0.2) is 42.5 Å². The molecular formula is C12H20N4O2. The Morgan fingerprint density at radius 1 is 1.28 bits per heavy atom. The predicted octanol–water partition coefficient (Wildman–Crippen LogP) is 0.937. The molecule has 3 rings (SSSR count). The Bertz CT molecular complexity index is 383. The van der Waals surface area contributed by atoms with Gasteiger partial charge in [0.15, 0.2) is 0 Å². The van der Waals surface area contributed by atoms with Crippen LogP contribution in [0.5, 0.6) is 0 Å². The summed E-state index contributed by atoms with van der Waals surface area (Å²) in [6, 6.07) is 1.31. The van der Waals surface area contributed by atoms with E-state index in [2.05, 4.69) is 20.4 Å². The summed E-state index contributed by atoms with van der Waals surface area (Å²) in [5.74, 6) is 0.686. The van der Waals surface area contributed by atoms with Crippen LogP contribution in [0.2, 0.25) is 0 Å². The quantitative estimate of drug-likeness (QED) is 0.841.